The number of rotatable bonds is 3. The monoisotopic (exact) mass is 282 g/mol. The smallest absolute Gasteiger partial charge is 0.233 e. The van der Waals surface area contributed by atoms with Crippen LogP contribution in [-0.4, -0.2) is 16.9 Å². The number of carbonyl (C=O) groups excluding carboxylic acids is 1. The van der Waals surface area contributed by atoms with E-state index in [2.05, 4.69) is 26.1 Å². The van der Waals surface area contributed by atoms with E-state index in [1.165, 1.54) is 12.8 Å². The first-order valence-corrected chi connectivity index (χ1v) is 7.77. The van der Waals surface area contributed by atoms with Gasteiger partial charge in [-0.25, -0.2) is 0 Å². The van der Waals surface area contributed by atoms with Gasteiger partial charge in [-0.05, 0) is 49.9 Å². The lowest BCUT2D eigenvalue weighted by Gasteiger charge is -2.45. The first-order chi connectivity index (χ1) is 8.75. The van der Waals surface area contributed by atoms with Crippen LogP contribution in [0.4, 0.5) is 0 Å². The van der Waals surface area contributed by atoms with Gasteiger partial charge < -0.3 is 11.1 Å². The molecule has 2 rings (SSSR count). The SMILES string of the molecule is CC1CC(C(=O)NC2CCC(C)(C)CC2)(C(N)=S)C1. The number of hydrogen-bond donors (Lipinski definition) is 2. The van der Waals surface area contributed by atoms with E-state index in [1.54, 1.807) is 0 Å². The normalized spacial score (nSPS) is 34.4. The van der Waals surface area contributed by atoms with Gasteiger partial charge in [-0.1, -0.05) is 33.0 Å². The molecule has 0 heterocycles. The first-order valence-electron chi connectivity index (χ1n) is 7.36. The molecular formula is C15H26N2OS. The van der Waals surface area contributed by atoms with Gasteiger partial charge >= 0.3 is 0 Å². The van der Waals surface area contributed by atoms with Crippen molar-refractivity contribution in [1.29, 1.82) is 0 Å². The summed E-state index contributed by atoms with van der Waals surface area (Å²) in [4.78, 5) is 12.9. The van der Waals surface area contributed by atoms with E-state index in [0.717, 1.165) is 25.7 Å². The van der Waals surface area contributed by atoms with Gasteiger partial charge in [0.15, 0.2) is 0 Å². The number of hydrogen-bond acceptors (Lipinski definition) is 2. The molecule has 2 saturated carbocycles. The van der Waals surface area contributed by atoms with Gasteiger partial charge in [0.05, 0.1) is 10.4 Å². The van der Waals surface area contributed by atoms with E-state index in [1.807, 2.05) is 0 Å². The Hall–Kier alpha value is -0.640. The first kappa shape index (κ1) is 14.8. The Morgan fingerprint density at radius 2 is 1.79 bits per heavy atom. The summed E-state index contributed by atoms with van der Waals surface area (Å²) in [6.45, 7) is 6.75. The van der Waals surface area contributed by atoms with Gasteiger partial charge in [0, 0.05) is 6.04 Å². The zero-order chi connectivity index (χ0) is 14.3. The standard InChI is InChI=1S/C15H26N2OS/c1-10-8-15(9-10,12(16)19)13(18)17-11-4-6-14(2,3)7-5-11/h10-11H,4-9H2,1-3H3,(H2,16,19)(H,17,18). The molecule has 1 amide bonds. The van der Waals surface area contributed by atoms with Crippen LogP contribution in [-0.2, 0) is 4.79 Å². The Morgan fingerprint density at radius 1 is 1.26 bits per heavy atom. The highest BCUT2D eigenvalue weighted by atomic mass is 32.1. The van der Waals surface area contributed by atoms with E-state index in [9.17, 15) is 4.79 Å². The maximum Gasteiger partial charge on any atom is 0.233 e. The number of nitrogens with two attached hydrogens (primary N) is 1. The predicted octanol–water partition coefficient (Wildman–Crippen LogP) is 2.77. The van der Waals surface area contributed by atoms with Crippen LogP contribution in [0.3, 0.4) is 0 Å². The Bertz CT molecular complexity index is 376. The number of thiocarbonyl (C=S) groups is 1. The molecule has 2 aliphatic carbocycles. The average Bonchev–Trinajstić information content (AvgIpc) is 2.27. The molecule has 0 aromatic carbocycles. The van der Waals surface area contributed by atoms with Crippen LogP contribution in [0, 0.1) is 16.7 Å². The molecule has 0 aromatic rings. The zero-order valence-electron chi connectivity index (χ0n) is 12.3. The second kappa shape index (κ2) is 5.04. The third-order valence-electron chi connectivity index (χ3n) is 4.97. The molecular weight excluding hydrogens is 256 g/mol. The van der Waals surface area contributed by atoms with E-state index in [4.69, 9.17) is 18.0 Å². The van der Waals surface area contributed by atoms with Gasteiger partial charge in [0.1, 0.15) is 0 Å². The van der Waals surface area contributed by atoms with Crippen molar-refractivity contribution in [3.63, 3.8) is 0 Å². The molecule has 108 valence electrons. The molecule has 2 fully saturated rings. The summed E-state index contributed by atoms with van der Waals surface area (Å²) in [6.07, 6.45) is 6.12. The van der Waals surface area contributed by atoms with Crippen molar-refractivity contribution < 1.29 is 4.79 Å². The van der Waals surface area contributed by atoms with Gasteiger partial charge in [-0.3, -0.25) is 4.79 Å². The Kier molecular flexibility index (Phi) is 3.92. The summed E-state index contributed by atoms with van der Waals surface area (Å²) in [7, 11) is 0. The van der Waals surface area contributed by atoms with E-state index >= 15 is 0 Å². The quantitative estimate of drug-likeness (QED) is 0.783. The molecule has 19 heavy (non-hydrogen) atoms. The summed E-state index contributed by atoms with van der Waals surface area (Å²) in [5.41, 5.74) is 5.68. The molecule has 4 heteroatoms. The predicted molar refractivity (Wildman–Crippen MR) is 81.8 cm³/mol. The fourth-order valence-electron chi connectivity index (χ4n) is 3.50. The molecule has 2 aliphatic rings. The Morgan fingerprint density at radius 3 is 2.21 bits per heavy atom. The molecule has 0 saturated heterocycles. The average molecular weight is 282 g/mol. The topological polar surface area (TPSA) is 55.1 Å². The van der Waals surface area contributed by atoms with Crippen LogP contribution in [0.25, 0.3) is 0 Å². The molecule has 0 aliphatic heterocycles. The highest BCUT2D eigenvalue weighted by Gasteiger charge is 2.51. The summed E-state index contributed by atoms with van der Waals surface area (Å²) >= 11 is 5.13. The molecule has 3 nitrogen and oxygen atoms in total. The summed E-state index contributed by atoms with van der Waals surface area (Å²) < 4.78 is 0. The lowest BCUT2D eigenvalue weighted by atomic mass is 9.61. The van der Waals surface area contributed by atoms with Gasteiger partial charge in [-0.15, -0.1) is 0 Å². The molecule has 0 bridgehead atoms. The van der Waals surface area contributed by atoms with Crippen LogP contribution in [0.2, 0.25) is 0 Å². The summed E-state index contributed by atoms with van der Waals surface area (Å²) in [5.74, 6) is 0.625. The van der Waals surface area contributed by atoms with Crippen molar-refractivity contribution in [2.24, 2.45) is 22.5 Å². The van der Waals surface area contributed by atoms with Gasteiger partial charge in [0.25, 0.3) is 0 Å². The molecule has 0 atom stereocenters. The minimum absolute atomic E-state index is 0.0720. The minimum atomic E-state index is -0.554. The maximum atomic E-state index is 12.5. The van der Waals surface area contributed by atoms with Crippen molar-refractivity contribution in [3.05, 3.63) is 0 Å². The van der Waals surface area contributed by atoms with Crippen LogP contribution in [0.15, 0.2) is 0 Å². The fraction of sp³-hybridized carbons (Fsp3) is 0.867. The third kappa shape index (κ3) is 2.93. The van der Waals surface area contributed by atoms with Crippen molar-refractivity contribution in [1.82, 2.24) is 5.32 Å². The van der Waals surface area contributed by atoms with Gasteiger partial charge in [-0.2, -0.15) is 0 Å². The number of amides is 1. The molecule has 0 unspecified atom stereocenters. The zero-order valence-corrected chi connectivity index (χ0v) is 13.1. The van der Waals surface area contributed by atoms with Crippen molar-refractivity contribution in [2.45, 2.75) is 65.3 Å². The second-order valence-electron chi connectivity index (χ2n) is 7.37. The van der Waals surface area contributed by atoms with Crippen molar-refractivity contribution in [2.75, 3.05) is 0 Å². The van der Waals surface area contributed by atoms with Crippen molar-refractivity contribution >= 4 is 23.1 Å². The highest BCUT2D eigenvalue weighted by Crippen LogP contribution is 2.46. The largest absolute Gasteiger partial charge is 0.392 e. The van der Waals surface area contributed by atoms with Crippen LogP contribution in [0.1, 0.15) is 59.3 Å². The Balaban J connectivity index is 1.93. The molecule has 3 N–H and O–H groups in total. The summed E-state index contributed by atoms with van der Waals surface area (Å²) in [6, 6.07) is 0.308. The lowest BCUT2D eigenvalue weighted by Crippen LogP contribution is -2.58. The van der Waals surface area contributed by atoms with Crippen LogP contribution >= 0.6 is 12.2 Å². The third-order valence-corrected chi connectivity index (χ3v) is 5.37. The molecule has 0 spiro atoms. The fourth-order valence-corrected chi connectivity index (χ4v) is 3.75. The highest BCUT2D eigenvalue weighted by molar-refractivity contribution is 7.80. The second-order valence-corrected chi connectivity index (χ2v) is 7.81. The van der Waals surface area contributed by atoms with Crippen LogP contribution < -0.4 is 11.1 Å². The summed E-state index contributed by atoms with van der Waals surface area (Å²) in [5, 5.41) is 3.19. The van der Waals surface area contributed by atoms with Crippen molar-refractivity contribution in [3.8, 4) is 0 Å². The molecule has 0 aromatic heterocycles. The van der Waals surface area contributed by atoms with E-state index < -0.39 is 5.41 Å². The number of carbonyl (C=O) groups is 1. The Labute approximate surface area is 121 Å². The molecule has 0 radical (unpaired) electrons. The maximum absolute atomic E-state index is 12.5. The van der Waals surface area contributed by atoms with Crippen LogP contribution in [0.5, 0.6) is 0 Å². The van der Waals surface area contributed by atoms with E-state index in [0.29, 0.717) is 22.4 Å². The van der Waals surface area contributed by atoms with E-state index in [-0.39, 0.29) is 5.91 Å². The minimum Gasteiger partial charge on any atom is -0.392 e. The van der Waals surface area contributed by atoms with Gasteiger partial charge in [0.2, 0.25) is 5.91 Å². The number of nitrogens with one attached hydrogen (secondary N) is 1. The lowest BCUT2D eigenvalue weighted by molar-refractivity contribution is -0.134.